The molecule has 1 unspecified atom stereocenters. The van der Waals surface area contributed by atoms with Crippen molar-refractivity contribution in [3.8, 4) is 5.75 Å². The Morgan fingerprint density at radius 1 is 1.15 bits per heavy atom. The van der Waals surface area contributed by atoms with E-state index in [1.165, 1.54) is 37.7 Å². The van der Waals surface area contributed by atoms with Gasteiger partial charge in [0.05, 0.1) is 6.61 Å². The molecule has 2 aliphatic rings. The Balaban J connectivity index is 1.56. The van der Waals surface area contributed by atoms with Gasteiger partial charge in [0.15, 0.2) is 0 Å². The second-order valence-electron chi connectivity index (χ2n) is 6.47. The highest BCUT2D eigenvalue weighted by Gasteiger charge is 2.24. The Morgan fingerprint density at radius 3 is 2.80 bits per heavy atom. The van der Waals surface area contributed by atoms with Crippen molar-refractivity contribution in [2.45, 2.75) is 57.4 Å². The molecule has 1 aromatic carbocycles. The van der Waals surface area contributed by atoms with Crippen LogP contribution in [0.2, 0.25) is 0 Å². The molecule has 0 spiro atoms. The second kappa shape index (κ2) is 6.62. The summed E-state index contributed by atoms with van der Waals surface area (Å²) in [5.41, 5.74) is 1.39. The van der Waals surface area contributed by atoms with Crippen LogP contribution in [0, 0.1) is 5.92 Å². The predicted molar refractivity (Wildman–Crippen MR) is 83.3 cm³/mol. The molecule has 2 heteroatoms. The summed E-state index contributed by atoms with van der Waals surface area (Å²) in [5, 5.41) is 3.81. The van der Waals surface area contributed by atoms with Crippen molar-refractivity contribution < 1.29 is 4.74 Å². The molecular formula is C18H27NO. The van der Waals surface area contributed by atoms with Gasteiger partial charge >= 0.3 is 0 Å². The number of nitrogens with one attached hydrogen (secondary N) is 1. The van der Waals surface area contributed by atoms with Crippen LogP contribution in [-0.4, -0.2) is 19.2 Å². The number of ether oxygens (including phenoxy) is 1. The van der Waals surface area contributed by atoms with Crippen LogP contribution < -0.4 is 10.1 Å². The van der Waals surface area contributed by atoms with Gasteiger partial charge in [-0.25, -0.2) is 0 Å². The van der Waals surface area contributed by atoms with Gasteiger partial charge in [0.1, 0.15) is 5.75 Å². The molecule has 1 N–H and O–H groups in total. The van der Waals surface area contributed by atoms with Gasteiger partial charge in [-0.05, 0) is 43.7 Å². The van der Waals surface area contributed by atoms with Crippen LogP contribution in [0.15, 0.2) is 24.3 Å². The number of hydrogen-bond donors (Lipinski definition) is 1. The zero-order valence-electron chi connectivity index (χ0n) is 12.6. The van der Waals surface area contributed by atoms with E-state index in [2.05, 4.69) is 36.5 Å². The number of para-hydroxylation sites is 1. The molecule has 20 heavy (non-hydrogen) atoms. The third kappa shape index (κ3) is 3.17. The minimum absolute atomic E-state index is 0.617. The number of fused-ring (bicyclic) bond motifs is 1. The minimum Gasteiger partial charge on any atom is -0.493 e. The van der Waals surface area contributed by atoms with Crippen molar-refractivity contribution >= 4 is 0 Å². The summed E-state index contributed by atoms with van der Waals surface area (Å²) in [5.74, 6) is 2.60. The number of benzene rings is 1. The lowest BCUT2D eigenvalue weighted by Crippen LogP contribution is -2.38. The van der Waals surface area contributed by atoms with Gasteiger partial charge in [0, 0.05) is 18.5 Å². The van der Waals surface area contributed by atoms with E-state index in [1.807, 2.05) is 0 Å². The topological polar surface area (TPSA) is 21.3 Å². The van der Waals surface area contributed by atoms with Gasteiger partial charge in [-0.2, -0.15) is 0 Å². The fourth-order valence-electron chi connectivity index (χ4n) is 3.76. The fourth-order valence-corrected chi connectivity index (χ4v) is 3.76. The maximum Gasteiger partial charge on any atom is 0.122 e. The molecule has 2 nitrogen and oxygen atoms in total. The van der Waals surface area contributed by atoms with Gasteiger partial charge < -0.3 is 10.1 Å². The summed E-state index contributed by atoms with van der Waals surface area (Å²) in [4.78, 5) is 0. The van der Waals surface area contributed by atoms with Gasteiger partial charge in [-0.3, -0.25) is 0 Å². The molecule has 110 valence electrons. The molecular weight excluding hydrogens is 246 g/mol. The standard InChI is InChI=1S/C18H27NO/c1-14(15-7-3-2-4-8-15)19-13-16-11-12-20-18-10-6-5-9-17(16)18/h5-6,9-10,14-16,19H,2-4,7-8,11-13H2,1H3/t14-,16?/m1/s1. The first kappa shape index (κ1) is 13.9. The van der Waals surface area contributed by atoms with Crippen LogP contribution in [0.3, 0.4) is 0 Å². The Hall–Kier alpha value is -1.02. The van der Waals surface area contributed by atoms with Crippen molar-refractivity contribution in [1.82, 2.24) is 5.32 Å². The van der Waals surface area contributed by atoms with Gasteiger partial charge in [0.25, 0.3) is 0 Å². The molecule has 1 fully saturated rings. The summed E-state index contributed by atoms with van der Waals surface area (Å²) in [6, 6.07) is 9.19. The Morgan fingerprint density at radius 2 is 1.95 bits per heavy atom. The van der Waals surface area contributed by atoms with E-state index in [1.54, 1.807) is 0 Å². The van der Waals surface area contributed by atoms with Gasteiger partial charge in [-0.1, -0.05) is 37.5 Å². The molecule has 3 rings (SSSR count). The van der Waals surface area contributed by atoms with E-state index in [4.69, 9.17) is 4.74 Å². The number of hydrogen-bond acceptors (Lipinski definition) is 2. The first-order chi connectivity index (χ1) is 9.84. The molecule has 1 saturated carbocycles. The maximum absolute atomic E-state index is 5.75. The van der Waals surface area contributed by atoms with Gasteiger partial charge in [0.2, 0.25) is 0 Å². The first-order valence-electron chi connectivity index (χ1n) is 8.29. The second-order valence-corrected chi connectivity index (χ2v) is 6.47. The Kier molecular flexibility index (Phi) is 4.62. The fraction of sp³-hybridized carbons (Fsp3) is 0.667. The molecule has 0 radical (unpaired) electrons. The van der Waals surface area contributed by atoms with Crippen LogP contribution in [0.1, 0.15) is 56.9 Å². The van der Waals surface area contributed by atoms with E-state index in [0.717, 1.165) is 31.2 Å². The average Bonchev–Trinajstić information content (AvgIpc) is 2.53. The van der Waals surface area contributed by atoms with Crippen LogP contribution in [0.4, 0.5) is 0 Å². The summed E-state index contributed by atoms with van der Waals surface area (Å²) >= 11 is 0. The summed E-state index contributed by atoms with van der Waals surface area (Å²) in [7, 11) is 0. The monoisotopic (exact) mass is 273 g/mol. The zero-order valence-corrected chi connectivity index (χ0v) is 12.6. The average molecular weight is 273 g/mol. The lowest BCUT2D eigenvalue weighted by molar-refractivity contribution is 0.247. The molecule has 1 aromatic rings. The van der Waals surface area contributed by atoms with Crippen LogP contribution in [0.25, 0.3) is 0 Å². The third-order valence-electron chi connectivity index (χ3n) is 5.13. The van der Waals surface area contributed by atoms with E-state index in [-0.39, 0.29) is 0 Å². The summed E-state index contributed by atoms with van der Waals surface area (Å²) in [6.07, 6.45) is 8.27. The van der Waals surface area contributed by atoms with Crippen LogP contribution in [0.5, 0.6) is 5.75 Å². The molecule has 0 saturated heterocycles. The largest absolute Gasteiger partial charge is 0.493 e. The lowest BCUT2D eigenvalue weighted by atomic mass is 9.84. The first-order valence-corrected chi connectivity index (χ1v) is 8.29. The molecule has 0 aromatic heterocycles. The molecule has 0 amide bonds. The van der Waals surface area contributed by atoms with Crippen molar-refractivity contribution in [2.24, 2.45) is 5.92 Å². The van der Waals surface area contributed by atoms with Crippen molar-refractivity contribution in [1.29, 1.82) is 0 Å². The van der Waals surface area contributed by atoms with Crippen LogP contribution in [-0.2, 0) is 0 Å². The molecule has 0 bridgehead atoms. The van der Waals surface area contributed by atoms with E-state index >= 15 is 0 Å². The quantitative estimate of drug-likeness (QED) is 0.891. The van der Waals surface area contributed by atoms with Crippen molar-refractivity contribution in [3.63, 3.8) is 0 Å². The minimum atomic E-state index is 0.617. The Bertz CT molecular complexity index is 425. The van der Waals surface area contributed by atoms with E-state index in [0.29, 0.717) is 12.0 Å². The number of rotatable bonds is 4. The van der Waals surface area contributed by atoms with E-state index < -0.39 is 0 Å². The lowest BCUT2D eigenvalue weighted by Gasteiger charge is -2.31. The predicted octanol–water partition coefficient (Wildman–Crippen LogP) is 4.11. The highest BCUT2D eigenvalue weighted by atomic mass is 16.5. The highest BCUT2D eigenvalue weighted by Crippen LogP contribution is 2.33. The van der Waals surface area contributed by atoms with Crippen molar-refractivity contribution in [3.05, 3.63) is 29.8 Å². The van der Waals surface area contributed by atoms with Crippen LogP contribution >= 0.6 is 0 Å². The van der Waals surface area contributed by atoms with Crippen molar-refractivity contribution in [2.75, 3.05) is 13.2 Å². The highest BCUT2D eigenvalue weighted by molar-refractivity contribution is 5.37. The molecule has 2 atom stereocenters. The molecule has 1 aliphatic heterocycles. The Labute approximate surface area is 122 Å². The smallest absolute Gasteiger partial charge is 0.122 e. The maximum atomic E-state index is 5.75. The summed E-state index contributed by atoms with van der Waals surface area (Å²) in [6.45, 7) is 4.33. The zero-order chi connectivity index (χ0) is 13.8. The third-order valence-corrected chi connectivity index (χ3v) is 5.13. The molecule has 1 heterocycles. The van der Waals surface area contributed by atoms with Gasteiger partial charge in [-0.15, -0.1) is 0 Å². The SMILES string of the molecule is C[C@@H](NCC1CCOc2ccccc21)C1CCCCC1. The summed E-state index contributed by atoms with van der Waals surface area (Å²) < 4.78 is 5.75. The van der Waals surface area contributed by atoms with E-state index in [9.17, 15) is 0 Å². The molecule has 1 aliphatic carbocycles. The normalized spacial score (nSPS) is 24.8.